The number of carboxylic acid groups (broad SMARTS) is 1. The van der Waals surface area contributed by atoms with Crippen LogP contribution in [0, 0.1) is 13.8 Å². The number of hydrogen-bond acceptors (Lipinski definition) is 3. The lowest BCUT2D eigenvalue weighted by molar-refractivity contribution is 0.0700. The Hall–Kier alpha value is -1.68. The Kier molecular flexibility index (Phi) is 2.90. The number of carbonyl (C=O) groups is 1. The van der Waals surface area contributed by atoms with Gasteiger partial charge in [0, 0.05) is 11.5 Å². The molecule has 4 heteroatoms. The monoisotopic (exact) mass is 273 g/mol. The first-order valence-corrected chi connectivity index (χ1v) is 7.19. The zero-order valence-electron chi connectivity index (χ0n) is 10.9. The average molecular weight is 273 g/mol. The summed E-state index contributed by atoms with van der Waals surface area (Å²) in [6, 6.07) is 6.16. The molecule has 1 N–H and O–H groups in total. The molecule has 0 unspecified atom stereocenters. The van der Waals surface area contributed by atoms with Gasteiger partial charge in [-0.05, 0) is 43.9 Å². The van der Waals surface area contributed by atoms with Crippen molar-refractivity contribution in [3.05, 3.63) is 39.9 Å². The first-order valence-electron chi connectivity index (χ1n) is 6.38. The van der Waals surface area contributed by atoms with Crippen LogP contribution in [0.3, 0.4) is 0 Å². The van der Waals surface area contributed by atoms with Crippen molar-refractivity contribution in [1.29, 1.82) is 0 Å². The molecule has 0 amide bonds. The van der Waals surface area contributed by atoms with Gasteiger partial charge in [-0.3, -0.25) is 0 Å². The molecule has 0 bridgehead atoms. The highest BCUT2D eigenvalue weighted by Gasteiger charge is 2.32. The molecule has 0 saturated heterocycles. The molecule has 1 aliphatic rings. The van der Waals surface area contributed by atoms with Crippen LogP contribution >= 0.6 is 11.3 Å². The Balaban J connectivity index is 2.07. The van der Waals surface area contributed by atoms with Crippen molar-refractivity contribution in [2.45, 2.75) is 32.6 Å². The molecule has 1 aliphatic carbocycles. The lowest BCUT2D eigenvalue weighted by Gasteiger charge is -2.01. The van der Waals surface area contributed by atoms with Crippen LogP contribution in [0.25, 0.3) is 10.6 Å². The maximum atomic E-state index is 11.3. The van der Waals surface area contributed by atoms with Crippen LogP contribution in [0.4, 0.5) is 0 Å². The van der Waals surface area contributed by atoms with Crippen LogP contribution in [0.15, 0.2) is 18.2 Å². The minimum Gasteiger partial charge on any atom is -0.477 e. The van der Waals surface area contributed by atoms with Crippen LogP contribution in [-0.4, -0.2) is 16.1 Å². The zero-order valence-corrected chi connectivity index (χ0v) is 11.8. The van der Waals surface area contributed by atoms with Crippen molar-refractivity contribution in [1.82, 2.24) is 4.98 Å². The molecule has 3 nitrogen and oxygen atoms in total. The number of nitrogens with zero attached hydrogens (tertiary/aromatic N) is 1. The number of thiazole rings is 1. The lowest BCUT2D eigenvalue weighted by atomic mass is 10.1. The molecular formula is C15H15NO2S. The van der Waals surface area contributed by atoms with E-state index < -0.39 is 5.97 Å². The zero-order chi connectivity index (χ0) is 13.6. The third-order valence-electron chi connectivity index (χ3n) is 3.57. The third-order valence-corrected chi connectivity index (χ3v) is 4.67. The molecule has 1 saturated carbocycles. The van der Waals surface area contributed by atoms with Crippen LogP contribution in [0.1, 0.15) is 45.3 Å². The molecule has 1 heterocycles. The molecule has 0 radical (unpaired) electrons. The van der Waals surface area contributed by atoms with E-state index in [2.05, 4.69) is 31.0 Å². The number of carboxylic acids is 1. The molecular weight excluding hydrogens is 258 g/mol. The molecule has 1 fully saturated rings. The van der Waals surface area contributed by atoms with E-state index in [0.717, 1.165) is 29.1 Å². The van der Waals surface area contributed by atoms with Crippen LogP contribution in [0.2, 0.25) is 0 Å². The van der Waals surface area contributed by atoms with Gasteiger partial charge >= 0.3 is 5.97 Å². The average Bonchev–Trinajstić information content (AvgIpc) is 3.11. The second-order valence-corrected chi connectivity index (χ2v) is 6.11. The molecule has 3 rings (SSSR count). The number of benzene rings is 1. The van der Waals surface area contributed by atoms with E-state index in [1.54, 1.807) is 0 Å². The molecule has 1 aromatic carbocycles. The molecule has 19 heavy (non-hydrogen) atoms. The van der Waals surface area contributed by atoms with Gasteiger partial charge < -0.3 is 5.11 Å². The summed E-state index contributed by atoms with van der Waals surface area (Å²) in [6.07, 6.45) is 2.13. The summed E-state index contributed by atoms with van der Waals surface area (Å²) in [5, 5.41) is 10.1. The molecule has 0 spiro atoms. The Labute approximate surface area is 115 Å². The highest BCUT2D eigenvalue weighted by molar-refractivity contribution is 7.17. The fraction of sp³-hybridized carbons (Fsp3) is 0.333. The second kappa shape index (κ2) is 4.46. The van der Waals surface area contributed by atoms with Gasteiger partial charge in [0.05, 0.1) is 5.69 Å². The summed E-state index contributed by atoms with van der Waals surface area (Å²) in [6.45, 7) is 4.13. The van der Waals surface area contributed by atoms with Crippen molar-refractivity contribution in [2.24, 2.45) is 0 Å². The molecule has 2 aromatic rings. The van der Waals surface area contributed by atoms with Gasteiger partial charge in [0.25, 0.3) is 0 Å². The Bertz CT molecular complexity index is 656. The quantitative estimate of drug-likeness (QED) is 0.919. The van der Waals surface area contributed by atoms with Crippen molar-refractivity contribution < 1.29 is 9.90 Å². The fourth-order valence-electron chi connectivity index (χ4n) is 2.12. The van der Waals surface area contributed by atoms with Gasteiger partial charge in [-0.15, -0.1) is 11.3 Å². The van der Waals surface area contributed by atoms with E-state index in [0.29, 0.717) is 10.8 Å². The Morgan fingerprint density at radius 3 is 2.63 bits per heavy atom. The summed E-state index contributed by atoms with van der Waals surface area (Å²) < 4.78 is 0. The van der Waals surface area contributed by atoms with Crippen molar-refractivity contribution in [2.75, 3.05) is 0 Å². The van der Waals surface area contributed by atoms with Gasteiger partial charge in [-0.2, -0.15) is 0 Å². The predicted octanol–water partition coefficient (Wildman–Crippen LogP) is 4.00. The fourth-order valence-corrected chi connectivity index (χ4v) is 3.10. The van der Waals surface area contributed by atoms with E-state index in [-0.39, 0.29) is 0 Å². The van der Waals surface area contributed by atoms with Crippen molar-refractivity contribution in [3.8, 4) is 10.6 Å². The maximum absolute atomic E-state index is 11.3. The van der Waals surface area contributed by atoms with Gasteiger partial charge in [-0.1, -0.05) is 12.1 Å². The van der Waals surface area contributed by atoms with Crippen molar-refractivity contribution in [3.63, 3.8) is 0 Å². The number of aromatic carboxylic acids is 1. The van der Waals surface area contributed by atoms with E-state index in [9.17, 15) is 9.90 Å². The summed E-state index contributed by atoms with van der Waals surface area (Å²) in [7, 11) is 0. The first-order chi connectivity index (χ1) is 9.06. The largest absolute Gasteiger partial charge is 0.477 e. The maximum Gasteiger partial charge on any atom is 0.347 e. The standard InChI is InChI=1S/C15H15NO2S/c1-8-3-4-11(7-9(8)2)14-16-12(10-5-6-10)13(19-14)15(17)18/h3-4,7,10H,5-6H2,1-2H3,(H,17,18). The Morgan fingerprint density at radius 2 is 2.05 bits per heavy atom. The van der Waals surface area contributed by atoms with Gasteiger partial charge in [0.1, 0.15) is 9.88 Å². The van der Waals surface area contributed by atoms with E-state index >= 15 is 0 Å². The lowest BCUT2D eigenvalue weighted by Crippen LogP contribution is -1.97. The van der Waals surface area contributed by atoms with E-state index in [1.807, 2.05) is 6.07 Å². The Morgan fingerprint density at radius 1 is 1.32 bits per heavy atom. The van der Waals surface area contributed by atoms with Crippen LogP contribution < -0.4 is 0 Å². The summed E-state index contributed by atoms with van der Waals surface area (Å²) in [5.74, 6) is -0.489. The molecule has 98 valence electrons. The van der Waals surface area contributed by atoms with Gasteiger partial charge in [0.15, 0.2) is 0 Å². The predicted molar refractivity (Wildman–Crippen MR) is 76.0 cm³/mol. The molecule has 0 aliphatic heterocycles. The van der Waals surface area contributed by atoms with Gasteiger partial charge in [-0.25, -0.2) is 9.78 Å². The number of rotatable bonds is 3. The van der Waals surface area contributed by atoms with E-state index in [4.69, 9.17) is 0 Å². The van der Waals surface area contributed by atoms with Crippen LogP contribution in [0.5, 0.6) is 0 Å². The highest BCUT2D eigenvalue weighted by Crippen LogP contribution is 2.44. The minimum atomic E-state index is -0.852. The summed E-state index contributed by atoms with van der Waals surface area (Å²) in [4.78, 5) is 16.3. The smallest absolute Gasteiger partial charge is 0.347 e. The summed E-state index contributed by atoms with van der Waals surface area (Å²) in [5.41, 5.74) is 4.24. The first kappa shape index (κ1) is 12.4. The van der Waals surface area contributed by atoms with Crippen molar-refractivity contribution >= 4 is 17.3 Å². The SMILES string of the molecule is Cc1ccc(-c2nc(C3CC3)c(C(=O)O)s2)cc1C. The van der Waals surface area contributed by atoms with Crippen LogP contribution in [-0.2, 0) is 0 Å². The normalized spacial score (nSPS) is 14.6. The molecule has 1 aromatic heterocycles. The van der Waals surface area contributed by atoms with Gasteiger partial charge in [0.2, 0.25) is 0 Å². The highest BCUT2D eigenvalue weighted by atomic mass is 32.1. The summed E-state index contributed by atoms with van der Waals surface area (Å²) >= 11 is 1.29. The topological polar surface area (TPSA) is 50.2 Å². The third kappa shape index (κ3) is 2.28. The van der Waals surface area contributed by atoms with E-state index in [1.165, 1.54) is 22.5 Å². The second-order valence-electron chi connectivity index (χ2n) is 5.11. The minimum absolute atomic E-state index is 0.364. The number of hydrogen-bond donors (Lipinski definition) is 1. The number of aromatic nitrogens is 1. The molecule has 0 atom stereocenters. The number of aryl methyl sites for hydroxylation is 2.